The lowest BCUT2D eigenvalue weighted by Crippen LogP contribution is -2.39. The summed E-state index contributed by atoms with van der Waals surface area (Å²) in [4.78, 5) is 6.67. The Labute approximate surface area is 173 Å². The van der Waals surface area contributed by atoms with Crippen LogP contribution in [0.4, 0.5) is 10.1 Å². The first kappa shape index (κ1) is 20.0. The molecule has 0 bridgehead atoms. The fourth-order valence-corrected chi connectivity index (χ4v) is 6.54. The van der Waals surface area contributed by atoms with Crippen LogP contribution in [0.1, 0.15) is 5.56 Å². The summed E-state index contributed by atoms with van der Waals surface area (Å²) in [7, 11) is 0.00745. The monoisotopic (exact) mass is 436 g/mol. The van der Waals surface area contributed by atoms with Gasteiger partial charge in [0.1, 0.15) is 17.3 Å². The van der Waals surface area contributed by atoms with Crippen LogP contribution in [0.15, 0.2) is 47.5 Å². The normalized spacial score (nSPS) is 22.3. The van der Waals surface area contributed by atoms with E-state index in [1.807, 2.05) is 11.0 Å². The molecule has 0 aromatic heterocycles. The van der Waals surface area contributed by atoms with Gasteiger partial charge in [-0.1, -0.05) is 23.9 Å². The first-order chi connectivity index (χ1) is 13.9. The third-order valence-electron chi connectivity index (χ3n) is 5.03. The van der Waals surface area contributed by atoms with E-state index in [2.05, 4.69) is 0 Å². The molecule has 2 aromatic rings. The number of halogens is 1. The van der Waals surface area contributed by atoms with E-state index in [0.717, 1.165) is 16.4 Å². The van der Waals surface area contributed by atoms with Crippen molar-refractivity contribution < 1.29 is 22.3 Å². The van der Waals surface area contributed by atoms with Crippen LogP contribution in [0.3, 0.4) is 0 Å². The Bertz CT molecular complexity index is 1040. The minimum atomic E-state index is -3.15. The lowest BCUT2D eigenvalue weighted by atomic mass is 10.1. The minimum Gasteiger partial charge on any atom is -0.497 e. The zero-order chi connectivity index (χ0) is 20.6. The molecule has 9 heteroatoms. The Morgan fingerprint density at radius 3 is 2.59 bits per heavy atom. The Kier molecular flexibility index (Phi) is 5.44. The Balaban J connectivity index is 1.68. The number of fused-ring (bicyclic) bond motifs is 1. The third-order valence-corrected chi connectivity index (χ3v) is 7.77. The standard InChI is InChI=1S/C20H21FN2O4S2/c1-26-15-7-8-19(27-2)17(9-15)23-18-12-29(24,25)11-16(18)22-20(23)28-10-13-3-5-14(21)6-4-13/h3-9,16,18H,10-12H2,1-2H3/t16-,18+/m0/s1. The predicted octanol–water partition coefficient (Wildman–Crippen LogP) is 3.12. The summed E-state index contributed by atoms with van der Waals surface area (Å²) in [5.74, 6) is 1.66. The van der Waals surface area contributed by atoms with Gasteiger partial charge in [0.25, 0.3) is 0 Å². The largest absolute Gasteiger partial charge is 0.497 e. The number of methoxy groups -OCH3 is 2. The van der Waals surface area contributed by atoms with Crippen molar-refractivity contribution in [2.24, 2.45) is 4.99 Å². The highest BCUT2D eigenvalue weighted by atomic mass is 32.2. The molecule has 2 heterocycles. The molecule has 0 spiro atoms. The van der Waals surface area contributed by atoms with Crippen LogP contribution in [-0.4, -0.2) is 51.4 Å². The van der Waals surface area contributed by atoms with Crippen LogP contribution < -0.4 is 14.4 Å². The number of ether oxygens (including phenoxy) is 2. The molecule has 2 atom stereocenters. The van der Waals surface area contributed by atoms with E-state index in [9.17, 15) is 12.8 Å². The van der Waals surface area contributed by atoms with Gasteiger partial charge in [-0.05, 0) is 29.8 Å². The fraction of sp³-hybridized carbons (Fsp3) is 0.350. The van der Waals surface area contributed by atoms with Gasteiger partial charge in [-0.15, -0.1) is 0 Å². The molecule has 0 aliphatic carbocycles. The number of benzene rings is 2. The summed E-state index contributed by atoms with van der Waals surface area (Å²) < 4.78 is 48.5. The van der Waals surface area contributed by atoms with Crippen molar-refractivity contribution in [2.75, 3.05) is 30.6 Å². The van der Waals surface area contributed by atoms with Crippen molar-refractivity contribution in [3.63, 3.8) is 0 Å². The summed E-state index contributed by atoms with van der Waals surface area (Å²) in [6.07, 6.45) is 0. The van der Waals surface area contributed by atoms with E-state index < -0.39 is 9.84 Å². The van der Waals surface area contributed by atoms with Crippen molar-refractivity contribution in [2.45, 2.75) is 17.8 Å². The molecule has 2 aromatic carbocycles. The quantitative estimate of drug-likeness (QED) is 0.718. The molecule has 1 saturated heterocycles. The van der Waals surface area contributed by atoms with E-state index in [4.69, 9.17) is 14.5 Å². The molecule has 2 aliphatic heterocycles. The second kappa shape index (κ2) is 7.87. The molecule has 0 amide bonds. The van der Waals surface area contributed by atoms with Gasteiger partial charge in [0.05, 0.1) is 43.5 Å². The number of hydrogen-bond acceptors (Lipinski definition) is 7. The molecular weight excluding hydrogens is 415 g/mol. The summed E-state index contributed by atoms with van der Waals surface area (Å²) >= 11 is 1.50. The molecule has 1 fully saturated rings. The maximum Gasteiger partial charge on any atom is 0.164 e. The number of rotatable bonds is 5. The summed E-state index contributed by atoms with van der Waals surface area (Å²) in [6.45, 7) is 0. The Morgan fingerprint density at radius 2 is 1.90 bits per heavy atom. The molecule has 6 nitrogen and oxygen atoms in total. The summed E-state index contributed by atoms with van der Waals surface area (Å²) in [6, 6.07) is 11.2. The molecule has 29 heavy (non-hydrogen) atoms. The summed E-state index contributed by atoms with van der Waals surface area (Å²) in [5, 5.41) is 0.728. The lowest BCUT2D eigenvalue weighted by molar-refractivity contribution is 0.403. The van der Waals surface area contributed by atoms with Crippen LogP contribution in [-0.2, 0) is 15.6 Å². The van der Waals surface area contributed by atoms with E-state index >= 15 is 0 Å². The maximum absolute atomic E-state index is 13.2. The maximum atomic E-state index is 13.2. The van der Waals surface area contributed by atoms with Crippen molar-refractivity contribution in [1.82, 2.24) is 0 Å². The van der Waals surface area contributed by atoms with Gasteiger partial charge in [-0.3, -0.25) is 4.99 Å². The van der Waals surface area contributed by atoms with Crippen molar-refractivity contribution in [1.29, 1.82) is 0 Å². The highest BCUT2D eigenvalue weighted by Crippen LogP contribution is 2.41. The first-order valence-electron chi connectivity index (χ1n) is 9.07. The van der Waals surface area contributed by atoms with Gasteiger partial charge in [0, 0.05) is 11.8 Å². The smallest absolute Gasteiger partial charge is 0.164 e. The second-order valence-corrected chi connectivity index (χ2v) is 10.0. The van der Waals surface area contributed by atoms with E-state index in [1.165, 1.54) is 23.9 Å². The zero-order valence-electron chi connectivity index (χ0n) is 16.0. The van der Waals surface area contributed by atoms with Gasteiger partial charge in [0.15, 0.2) is 15.0 Å². The minimum absolute atomic E-state index is 0.0427. The first-order valence-corrected chi connectivity index (χ1v) is 11.9. The third kappa shape index (κ3) is 4.06. The number of aliphatic imine (C=N–C) groups is 1. The van der Waals surface area contributed by atoms with E-state index in [-0.39, 0.29) is 29.4 Å². The molecule has 0 saturated carbocycles. The summed E-state index contributed by atoms with van der Waals surface area (Å²) in [5.41, 5.74) is 1.68. The number of anilines is 1. The van der Waals surface area contributed by atoms with Gasteiger partial charge in [-0.25, -0.2) is 12.8 Å². The average Bonchev–Trinajstić information content (AvgIpc) is 3.17. The second-order valence-electron chi connectivity index (χ2n) is 6.95. The predicted molar refractivity (Wildman–Crippen MR) is 113 cm³/mol. The molecule has 2 aliphatic rings. The van der Waals surface area contributed by atoms with Crippen molar-refractivity contribution in [3.8, 4) is 11.5 Å². The highest BCUT2D eigenvalue weighted by Gasteiger charge is 2.47. The Morgan fingerprint density at radius 1 is 1.14 bits per heavy atom. The van der Waals surface area contributed by atoms with E-state index in [1.54, 1.807) is 38.5 Å². The van der Waals surface area contributed by atoms with E-state index in [0.29, 0.717) is 17.3 Å². The van der Waals surface area contributed by atoms with Gasteiger partial charge >= 0.3 is 0 Å². The SMILES string of the molecule is COc1ccc(OC)c(N2C(SCc3ccc(F)cc3)=N[C@H]3CS(=O)(=O)C[C@H]32)c1. The van der Waals surface area contributed by atoms with Crippen molar-refractivity contribution in [3.05, 3.63) is 53.8 Å². The van der Waals surface area contributed by atoms with Gasteiger partial charge in [0.2, 0.25) is 0 Å². The number of amidine groups is 1. The number of nitrogens with zero attached hydrogens (tertiary/aromatic N) is 2. The molecule has 0 N–H and O–H groups in total. The Hall–Kier alpha value is -2.26. The van der Waals surface area contributed by atoms with Gasteiger partial charge < -0.3 is 14.4 Å². The molecular formula is C20H21FN2O4S2. The van der Waals surface area contributed by atoms with Crippen LogP contribution in [0.2, 0.25) is 0 Å². The molecule has 154 valence electrons. The molecule has 0 unspecified atom stereocenters. The number of sulfone groups is 1. The molecule has 0 radical (unpaired) electrons. The number of hydrogen-bond donors (Lipinski definition) is 0. The number of thioether (sulfide) groups is 1. The van der Waals surface area contributed by atoms with Crippen LogP contribution >= 0.6 is 11.8 Å². The lowest BCUT2D eigenvalue weighted by Gasteiger charge is -2.28. The fourth-order valence-electron chi connectivity index (χ4n) is 3.63. The average molecular weight is 437 g/mol. The molecule has 4 rings (SSSR count). The van der Waals surface area contributed by atoms with Crippen molar-refractivity contribution >= 4 is 32.5 Å². The van der Waals surface area contributed by atoms with Crippen LogP contribution in [0.25, 0.3) is 0 Å². The van der Waals surface area contributed by atoms with Gasteiger partial charge in [-0.2, -0.15) is 0 Å². The van der Waals surface area contributed by atoms with Crippen LogP contribution in [0, 0.1) is 5.82 Å². The zero-order valence-corrected chi connectivity index (χ0v) is 17.7. The van der Waals surface area contributed by atoms with Crippen LogP contribution in [0.5, 0.6) is 11.5 Å². The highest BCUT2D eigenvalue weighted by molar-refractivity contribution is 8.13. The topological polar surface area (TPSA) is 68.2 Å².